The van der Waals surface area contributed by atoms with Gasteiger partial charge in [0.15, 0.2) is 11.5 Å². The molecule has 0 atom stereocenters. The molecule has 0 bridgehead atoms. The number of benzene rings is 2. The van der Waals surface area contributed by atoms with Crippen molar-refractivity contribution in [2.45, 2.75) is 6.54 Å². The molecule has 7 nitrogen and oxygen atoms in total. The van der Waals surface area contributed by atoms with Crippen molar-refractivity contribution in [3.8, 4) is 17.6 Å². The predicted octanol–water partition coefficient (Wildman–Crippen LogP) is 3.10. The lowest BCUT2D eigenvalue weighted by Gasteiger charge is -2.13. The minimum atomic E-state index is -0.522. The fraction of sp³-hybridized carbons (Fsp3) is 0.188. The molecule has 0 aliphatic heterocycles. The maximum Gasteiger partial charge on any atom is 0.293 e. The highest BCUT2D eigenvalue weighted by atomic mass is 16.6. The first kappa shape index (κ1) is 16.1. The number of hydrogen-bond acceptors (Lipinski definition) is 6. The number of hydrogen-bond donors (Lipinski definition) is 1. The first-order valence-corrected chi connectivity index (χ1v) is 6.73. The van der Waals surface area contributed by atoms with Crippen LogP contribution >= 0.6 is 0 Å². The minimum Gasteiger partial charge on any atom is -0.493 e. The van der Waals surface area contributed by atoms with Crippen molar-refractivity contribution in [1.29, 1.82) is 5.26 Å². The second kappa shape index (κ2) is 7.13. The lowest BCUT2D eigenvalue weighted by molar-refractivity contribution is -0.384. The third-order valence-electron chi connectivity index (χ3n) is 3.28. The van der Waals surface area contributed by atoms with Crippen LogP contribution in [0.3, 0.4) is 0 Å². The van der Waals surface area contributed by atoms with Gasteiger partial charge in [-0.3, -0.25) is 10.1 Å². The molecule has 2 rings (SSSR count). The number of ether oxygens (including phenoxy) is 2. The molecule has 0 spiro atoms. The van der Waals surface area contributed by atoms with Gasteiger partial charge in [0.25, 0.3) is 5.69 Å². The first-order chi connectivity index (χ1) is 11.1. The SMILES string of the molecule is COc1cccc(CNc2ccc(C#N)cc2[N+](=O)[O-])c1OC. The lowest BCUT2D eigenvalue weighted by Crippen LogP contribution is -2.05. The molecule has 0 aliphatic rings. The van der Waals surface area contributed by atoms with Crippen molar-refractivity contribution in [3.05, 3.63) is 57.6 Å². The van der Waals surface area contributed by atoms with Gasteiger partial charge in [0.1, 0.15) is 5.69 Å². The van der Waals surface area contributed by atoms with Crippen LogP contribution in [0.2, 0.25) is 0 Å². The quantitative estimate of drug-likeness (QED) is 0.650. The molecule has 0 aliphatic carbocycles. The molecule has 0 aromatic heterocycles. The number of methoxy groups -OCH3 is 2. The standard InChI is InChI=1S/C16H15N3O4/c1-22-15-5-3-4-12(16(15)23-2)10-18-13-7-6-11(9-17)8-14(13)19(20)21/h3-8,18H,10H2,1-2H3. The molecule has 0 unspecified atom stereocenters. The summed E-state index contributed by atoms with van der Waals surface area (Å²) in [6, 6.07) is 11.6. The molecule has 0 saturated heterocycles. The number of para-hydroxylation sites is 1. The van der Waals surface area contributed by atoms with E-state index in [1.54, 1.807) is 13.2 Å². The van der Waals surface area contributed by atoms with E-state index in [-0.39, 0.29) is 11.3 Å². The highest BCUT2D eigenvalue weighted by Gasteiger charge is 2.16. The summed E-state index contributed by atoms with van der Waals surface area (Å²) in [6.45, 7) is 0.313. The summed E-state index contributed by atoms with van der Waals surface area (Å²) in [4.78, 5) is 10.6. The molecule has 1 N–H and O–H groups in total. The Bertz CT molecular complexity index is 768. The van der Waals surface area contributed by atoms with Crippen molar-refractivity contribution in [2.24, 2.45) is 0 Å². The molecule has 2 aromatic carbocycles. The Hall–Kier alpha value is -3.27. The fourth-order valence-corrected chi connectivity index (χ4v) is 2.19. The molecule has 7 heteroatoms. The Balaban J connectivity index is 2.28. The third kappa shape index (κ3) is 3.49. The van der Waals surface area contributed by atoms with Gasteiger partial charge < -0.3 is 14.8 Å². The van der Waals surface area contributed by atoms with Gasteiger partial charge in [-0.25, -0.2) is 0 Å². The number of nitrogens with one attached hydrogen (secondary N) is 1. The normalized spacial score (nSPS) is 9.78. The van der Waals surface area contributed by atoms with Gasteiger partial charge in [0.05, 0.1) is 30.8 Å². The van der Waals surface area contributed by atoms with Gasteiger partial charge >= 0.3 is 0 Å². The van der Waals surface area contributed by atoms with Crippen molar-refractivity contribution < 1.29 is 14.4 Å². The summed E-state index contributed by atoms with van der Waals surface area (Å²) in [5, 5.41) is 23.0. The van der Waals surface area contributed by atoms with E-state index in [0.29, 0.717) is 23.7 Å². The van der Waals surface area contributed by atoms with Crippen molar-refractivity contribution >= 4 is 11.4 Å². The van der Waals surface area contributed by atoms with Gasteiger partial charge in [0.2, 0.25) is 0 Å². The van der Waals surface area contributed by atoms with Crippen LogP contribution in [0, 0.1) is 21.4 Å². The highest BCUT2D eigenvalue weighted by molar-refractivity contribution is 5.64. The van der Waals surface area contributed by atoms with E-state index < -0.39 is 4.92 Å². The highest BCUT2D eigenvalue weighted by Crippen LogP contribution is 2.32. The molecule has 0 heterocycles. The van der Waals surface area contributed by atoms with Gasteiger partial charge in [-0.05, 0) is 18.2 Å². The van der Waals surface area contributed by atoms with Crippen LogP contribution in [-0.2, 0) is 6.54 Å². The van der Waals surface area contributed by atoms with Crippen LogP contribution < -0.4 is 14.8 Å². The van der Waals surface area contributed by atoms with Crippen molar-refractivity contribution in [1.82, 2.24) is 0 Å². The number of rotatable bonds is 6. The zero-order valence-corrected chi connectivity index (χ0v) is 12.7. The molecule has 0 amide bonds. The molecule has 118 valence electrons. The van der Waals surface area contributed by atoms with Gasteiger partial charge in [-0.15, -0.1) is 0 Å². The van der Waals surface area contributed by atoms with Gasteiger partial charge in [-0.1, -0.05) is 12.1 Å². The maximum absolute atomic E-state index is 11.1. The second-order valence-corrected chi connectivity index (χ2v) is 4.61. The summed E-state index contributed by atoms with van der Waals surface area (Å²) in [7, 11) is 3.08. The zero-order valence-electron chi connectivity index (χ0n) is 12.7. The van der Waals surface area contributed by atoms with Crippen LogP contribution in [0.1, 0.15) is 11.1 Å². The molecule has 2 aromatic rings. The Kier molecular flexibility index (Phi) is 5.00. The van der Waals surface area contributed by atoms with E-state index in [0.717, 1.165) is 5.56 Å². The van der Waals surface area contributed by atoms with Crippen LogP contribution in [0.5, 0.6) is 11.5 Å². The van der Waals surface area contributed by atoms with E-state index >= 15 is 0 Å². The number of nitrogens with zero attached hydrogens (tertiary/aromatic N) is 2. The maximum atomic E-state index is 11.1. The van der Waals surface area contributed by atoms with E-state index in [4.69, 9.17) is 14.7 Å². The number of nitro benzene ring substituents is 1. The second-order valence-electron chi connectivity index (χ2n) is 4.61. The van der Waals surface area contributed by atoms with E-state index in [9.17, 15) is 10.1 Å². The molecular weight excluding hydrogens is 298 g/mol. The number of anilines is 1. The molecule has 0 fully saturated rings. The topological polar surface area (TPSA) is 97.4 Å². The van der Waals surface area contributed by atoms with E-state index in [1.165, 1.54) is 25.3 Å². The van der Waals surface area contributed by atoms with Gasteiger partial charge in [0, 0.05) is 18.2 Å². The fourth-order valence-electron chi connectivity index (χ4n) is 2.19. The van der Waals surface area contributed by atoms with Crippen LogP contribution in [0.15, 0.2) is 36.4 Å². The van der Waals surface area contributed by atoms with Crippen LogP contribution in [0.25, 0.3) is 0 Å². The van der Waals surface area contributed by atoms with Crippen LogP contribution in [0.4, 0.5) is 11.4 Å². The number of nitro groups is 1. The lowest BCUT2D eigenvalue weighted by atomic mass is 10.1. The van der Waals surface area contributed by atoms with E-state index in [1.807, 2.05) is 18.2 Å². The smallest absolute Gasteiger partial charge is 0.293 e. The monoisotopic (exact) mass is 313 g/mol. The molecular formula is C16H15N3O4. The number of nitriles is 1. The Labute approximate surface area is 133 Å². The first-order valence-electron chi connectivity index (χ1n) is 6.73. The van der Waals surface area contributed by atoms with Gasteiger partial charge in [-0.2, -0.15) is 5.26 Å². The molecule has 23 heavy (non-hydrogen) atoms. The average molecular weight is 313 g/mol. The van der Waals surface area contributed by atoms with Crippen molar-refractivity contribution in [3.63, 3.8) is 0 Å². The summed E-state index contributed by atoms with van der Waals surface area (Å²) in [5.74, 6) is 1.15. The summed E-state index contributed by atoms with van der Waals surface area (Å²) >= 11 is 0. The van der Waals surface area contributed by atoms with Crippen molar-refractivity contribution in [2.75, 3.05) is 19.5 Å². The Morgan fingerprint density at radius 2 is 2.04 bits per heavy atom. The summed E-state index contributed by atoms with van der Waals surface area (Å²) in [5.41, 5.74) is 1.22. The summed E-state index contributed by atoms with van der Waals surface area (Å²) < 4.78 is 10.6. The third-order valence-corrected chi connectivity index (χ3v) is 3.28. The molecule has 0 saturated carbocycles. The Morgan fingerprint density at radius 3 is 2.65 bits per heavy atom. The van der Waals surface area contributed by atoms with Crippen LogP contribution in [-0.4, -0.2) is 19.1 Å². The minimum absolute atomic E-state index is 0.147. The van der Waals surface area contributed by atoms with E-state index in [2.05, 4.69) is 5.32 Å². The Morgan fingerprint density at radius 1 is 1.26 bits per heavy atom. The largest absolute Gasteiger partial charge is 0.493 e. The summed E-state index contributed by atoms with van der Waals surface area (Å²) in [6.07, 6.45) is 0. The molecule has 0 radical (unpaired) electrons. The average Bonchev–Trinajstić information content (AvgIpc) is 2.59. The zero-order chi connectivity index (χ0) is 16.8. The predicted molar refractivity (Wildman–Crippen MR) is 84.7 cm³/mol.